The second-order valence-electron chi connectivity index (χ2n) is 5.68. The predicted octanol–water partition coefficient (Wildman–Crippen LogP) is 3.79. The summed E-state index contributed by atoms with van der Waals surface area (Å²) in [6, 6.07) is 9.69. The van der Waals surface area contributed by atoms with E-state index in [0.717, 1.165) is 18.8 Å². The van der Waals surface area contributed by atoms with Gasteiger partial charge in [-0.3, -0.25) is 4.79 Å². The molecule has 0 aliphatic rings. The van der Waals surface area contributed by atoms with Gasteiger partial charge < -0.3 is 10.1 Å². The van der Waals surface area contributed by atoms with Gasteiger partial charge in [-0.15, -0.1) is 0 Å². The highest BCUT2D eigenvalue weighted by Crippen LogP contribution is 2.32. The summed E-state index contributed by atoms with van der Waals surface area (Å²) in [6.45, 7) is 1.71. The first-order chi connectivity index (χ1) is 12.1. The Kier molecular flexibility index (Phi) is 6.84. The van der Waals surface area contributed by atoms with Crippen molar-refractivity contribution in [3.05, 3.63) is 50.9 Å². The Labute approximate surface area is 169 Å². The Balaban J connectivity index is 2.01. The Hall–Kier alpha value is -1.42. The normalized spacial score (nSPS) is 11.5. The maximum Gasteiger partial charge on any atom is 0.262 e. The lowest BCUT2D eigenvalue weighted by atomic mass is 10.2. The molecule has 2 rings (SSSR count). The van der Waals surface area contributed by atoms with Crippen molar-refractivity contribution in [1.82, 2.24) is 4.31 Å². The lowest BCUT2D eigenvalue weighted by Crippen LogP contribution is -2.22. The minimum atomic E-state index is -3.49. The average molecular weight is 506 g/mol. The molecule has 2 aromatic carbocycles. The largest absolute Gasteiger partial charge is 0.482 e. The van der Waals surface area contributed by atoms with E-state index in [9.17, 15) is 13.2 Å². The van der Waals surface area contributed by atoms with Gasteiger partial charge in [-0.2, -0.15) is 0 Å². The standard InChI is InChI=1S/C17H18Br2N2O4S/c1-11-8-12(18)9-15(19)17(11)25-10-16(22)20-13-4-6-14(7-5-13)26(23,24)21(2)3/h4-9H,10H2,1-3H3,(H,20,22). The van der Waals surface area contributed by atoms with Crippen LogP contribution in [0.3, 0.4) is 0 Å². The average Bonchev–Trinajstić information content (AvgIpc) is 2.54. The number of benzene rings is 2. The third-order valence-electron chi connectivity index (χ3n) is 3.46. The van der Waals surface area contributed by atoms with Crippen LogP contribution < -0.4 is 10.1 Å². The van der Waals surface area contributed by atoms with Gasteiger partial charge in [-0.25, -0.2) is 12.7 Å². The minimum Gasteiger partial charge on any atom is -0.482 e. The molecule has 1 amide bonds. The van der Waals surface area contributed by atoms with Crippen LogP contribution in [0.2, 0.25) is 0 Å². The molecule has 0 saturated carbocycles. The smallest absolute Gasteiger partial charge is 0.262 e. The highest BCUT2D eigenvalue weighted by molar-refractivity contribution is 9.11. The molecule has 0 spiro atoms. The lowest BCUT2D eigenvalue weighted by Gasteiger charge is -2.13. The Morgan fingerprint density at radius 3 is 2.31 bits per heavy atom. The van der Waals surface area contributed by atoms with Crippen molar-refractivity contribution in [2.75, 3.05) is 26.0 Å². The molecule has 1 N–H and O–H groups in total. The van der Waals surface area contributed by atoms with Crippen molar-refractivity contribution in [2.45, 2.75) is 11.8 Å². The summed E-state index contributed by atoms with van der Waals surface area (Å²) in [7, 11) is -0.569. The quantitative estimate of drug-likeness (QED) is 0.648. The van der Waals surface area contributed by atoms with E-state index in [2.05, 4.69) is 37.2 Å². The van der Waals surface area contributed by atoms with Gasteiger partial charge in [-0.1, -0.05) is 15.9 Å². The summed E-state index contributed by atoms with van der Waals surface area (Å²) in [5.41, 5.74) is 1.38. The number of aryl methyl sites for hydroxylation is 1. The molecule has 0 bridgehead atoms. The van der Waals surface area contributed by atoms with Crippen molar-refractivity contribution in [1.29, 1.82) is 0 Å². The molecule has 0 radical (unpaired) electrons. The monoisotopic (exact) mass is 504 g/mol. The van der Waals surface area contributed by atoms with Gasteiger partial charge >= 0.3 is 0 Å². The third kappa shape index (κ3) is 5.06. The fourth-order valence-electron chi connectivity index (χ4n) is 2.13. The number of ether oxygens (including phenoxy) is 1. The van der Waals surface area contributed by atoms with Crippen LogP contribution in [-0.4, -0.2) is 39.3 Å². The van der Waals surface area contributed by atoms with Crippen molar-refractivity contribution in [3.8, 4) is 5.75 Å². The van der Waals surface area contributed by atoms with Crippen LogP contribution >= 0.6 is 31.9 Å². The van der Waals surface area contributed by atoms with Gasteiger partial charge in [-0.05, 0) is 64.8 Å². The number of carbonyl (C=O) groups is 1. The molecule has 2 aromatic rings. The summed E-state index contributed by atoms with van der Waals surface area (Å²) >= 11 is 6.79. The SMILES string of the molecule is Cc1cc(Br)cc(Br)c1OCC(=O)Nc1ccc(S(=O)(=O)N(C)C)cc1. The molecule has 6 nitrogen and oxygen atoms in total. The number of carbonyl (C=O) groups excluding carboxylic acids is 1. The first-order valence-corrected chi connectivity index (χ1v) is 10.5. The maximum atomic E-state index is 12.1. The van der Waals surface area contributed by atoms with Crippen LogP contribution in [0.15, 0.2) is 50.2 Å². The van der Waals surface area contributed by atoms with Gasteiger partial charge in [0.05, 0.1) is 9.37 Å². The molecular weight excluding hydrogens is 488 g/mol. The highest BCUT2D eigenvalue weighted by atomic mass is 79.9. The molecule has 0 atom stereocenters. The van der Waals surface area contributed by atoms with Gasteiger partial charge in [0.25, 0.3) is 5.91 Å². The number of rotatable bonds is 6. The number of hydrogen-bond donors (Lipinski definition) is 1. The Morgan fingerprint density at radius 1 is 1.15 bits per heavy atom. The first kappa shape index (κ1) is 20.9. The summed E-state index contributed by atoms with van der Waals surface area (Å²) < 4.78 is 32.4. The zero-order valence-corrected chi connectivity index (χ0v) is 18.4. The van der Waals surface area contributed by atoms with Crippen molar-refractivity contribution >= 4 is 53.5 Å². The zero-order valence-electron chi connectivity index (χ0n) is 14.4. The fraction of sp³-hybridized carbons (Fsp3) is 0.235. The van der Waals surface area contributed by atoms with E-state index >= 15 is 0 Å². The van der Waals surface area contributed by atoms with Gasteiger partial charge in [0.2, 0.25) is 10.0 Å². The fourth-order valence-corrected chi connectivity index (χ4v) is 4.58. The number of hydrogen-bond acceptors (Lipinski definition) is 4. The number of anilines is 1. The number of nitrogens with zero attached hydrogens (tertiary/aromatic N) is 1. The van der Waals surface area contributed by atoms with Crippen molar-refractivity contribution in [2.24, 2.45) is 0 Å². The molecule has 0 aliphatic carbocycles. The van der Waals surface area contributed by atoms with E-state index in [1.807, 2.05) is 19.1 Å². The van der Waals surface area contributed by atoms with E-state index in [1.54, 1.807) is 0 Å². The van der Waals surface area contributed by atoms with Gasteiger partial charge in [0, 0.05) is 24.3 Å². The molecule has 0 fully saturated rings. The van der Waals surface area contributed by atoms with Crippen LogP contribution in [0.25, 0.3) is 0 Å². The Bertz CT molecular complexity index is 890. The van der Waals surface area contributed by atoms with E-state index in [4.69, 9.17) is 4.74 Å². The van der Waals surface area contributed by atoms with E-state index in [-0.39, 0.29) is 17.4 Å². The second-order valence-corrected chi connectivity index (χ2v) is 9.60. The van der Waals surface area contributed by atoms with Gasteiger partial charge in [0.1, 0.15) is 5.75 Å². The predicted molar refractivity (Wildman–Crippen MR) is 108 cm³/mol. The zero-order chi connectivity index (χ0) is 19.5. The van der Waals surface area contributed by atoms with Crippen LogP contribution in [0.4, 0.5) is 5.69 Å². The topological polar surface area (TPSA) is 75.7 Å². The molecule has 140 valence electrons. The third-order valence-corrected chi connectivity index (χ3v) is 6.33. The number of sulfonamides is 1. The van der Waals surface area contributed by atoms with Crippen molar-refractivity contribution < 1.29 is 17.9 Å². The molecular formula is C17H18Br2N2O4S. The summed E-state index contributed by atoms with van der Waals surface area (Å²) in [5.74, 6) is 0.248. The molecule has 0 saturated heterocycles. The number of halogens is 2. The summed E-state index contributed by atoms with van der Waals surface area (Å²) in [6.07, 6.45) is 0. The highest BCUT2D eigenvalue weighted by Gasteiger charge is 2.17. The van der Waals surface area contributed by atoms with Crippen LogP contribution in [0, 0.1) is 6.92 Å². The maximum absolute atomic E-state index is 12.1. The molecule has 0 heterocycles. The number of amides is 1. The molecule has 0 aliphatic heterocycles. The van der Waals surface area contributed by atoms with Crippen LogP contribution in [-0.2, 0) is 14.8 Å². The van der Waals surface area contributed by atoms with E-state index in [1.165, 1.54) is 38.4 Å². The van der Waals surface area contributed by atoms with E-state index in [0.29, 0.717) is 11.4 Å². The molecule has 0 unspecified atom stereocenters. The number of nitrogens with one attached hydrogen (secondary N) is 1. The summed E-state index contributed by atoms with van der Waals surface area (Å²) in [5, 5.41) is 2.67. The van der Waals surface area contributed by atoms with Crippen molar-refractivity contribution in [3.63, 3.8) is 0 Å². The molecule has 0 aromatic heterocycles. The first-order valence-electron chi connectivity index (χ1n) is 7.52. The van der Waals surface area contributed by atoms with Gasteiger partial charge in [0.15, 0.2) is 6.61 Å². The Morgan fingerprint density at radius 2 is 1.77 bits per heavy atom. The molecule has 26 heavy (non-hydrogen) atoms. The van der Waals surface area contributed by atoms with Crippen LogP contribution in [0.1, 0.15) is 5.56 Å². The second kappa shape index (κ2) is 8.51. The van der Waals surface area contributed by atoms with Crippen LogP contribution in [0.5, 0.6) is 5.75 Å². The van der Waals surface area contributed by atoms with E-state index < -0.39 is 10.0 Å². The lowest BCUT2D eigenvalue weighted by molar-refractivity contribution is -0.118. The molecule has 9 heteroatoms. The minimum absolute atomic E-state index is 0.158. The summed E-state index contributed by atoms with van der Waals surface area (Å²) in [4.78, 5) is 12.2.